The standard InChI is InChI=1S/C24H28N2O/c1-17-11-13-22(14-12-17)16-26-20(4)18(2)19(3)23(26)24(27)25(5)15-21-9-7-6-8-10-21/h6-14H,15-16H2,1-5H3. The average Bonchev–Trinajstić information content (AvgIpc) is 2.87. The van der Waals surface area contributed by atoms with E-state index in [-0.39, 0.29) is 5.91 Å². The molecular weight excluding hydrogens is 332 g/mol. The third-order valence-electron chi connectivity index (χ3n) is 5.41. The normalized spacial score (nSPS) is 10.9. The van der Waals surface area contributed by atoms with Crippen molar-refractivity contribution in [2.75, 3.05) is 7.05 Å². The van der Waals surface area contributed by atoms with Crippen LogP contribution in [0.4, 0.5) is 0 Å². The van der Waals surface area contributed by atoms with Crippen LogP contribution >= 0.6 is 0 Å². The van der Waals surface area contributed by atoms with Gasteiger partial charge >= 0.3 is 0 Å². The molecule has 0 saturated carbocycles. The molecule has 0 aliphatic rings. The summed E-state index contributed by atoms with van der Waals surface area (Å²) < 4.78 is 2.17. The van der Waals surface area contributed by atoms with E-state index in [0.717, 1.165) is 22.5 Å². The Morgan fingerprint density at radius 1 is 0.852 bits per heavy atom. The van der Waals surface area contributed by atoms with Gasteiger partial charge in [0.25, 0.3) is 5.91 Å². The number of aryl methyl sites for hydroxylation is 1. The molecule has 0 aliphatic carbocycles. The fourth-order valence-corrected chi connectivity index (χ4v) is 3.48. The van der Waals surface area contributed by atoms with E-state index in [1.54, 1.807) is 0 Å². The van der Waals surface area contributed by atoms with Crippen molar-refractivity contribution in [1.82, 2.24) is 9.47 Å². The molecule has 1 amide bonds. The Balaban J connectivity index is 1.92. The topological polar surface area (TPSA) is 25.2 Å². The number of aromatic nitrogens is 1. The Morgan fingerprint density at radius 2 is 1.48 bits per heavy atom. The molecule has 1 heterocycles. The molecule has 0 aliphatic heterocycles. The molecule has 2 aromatic carbocycles. The summed E-state index contributed by atoms with van der Waals surface area (Å²) in [5, 5.41) is 0. The third kappa shape index (κ3) is 3.97. The van der Waals surface area contributed by atoms with Gasteiger partial charge in [0.2, 0.25) is 0 Å². The largest absolute Gasteiger partial charge is 0.336 e. The van der Waals surface area contributed by atoms with Crippen molar-refractivity contribution in [2.24, 2.45) is 0 Å². The summed E-state index contributed by atoms with van der Waals surface area (Å²) in [5.41, 5.74) is 7.81. The van der Waals surface area contributed by atoms with Gasteiger partial charge in [-0.15, -0.1) is 0 Å². The number of hydrogen-bond donors (Lipinski definition) is 0. The van der Waals surface area contributed by atoms with E-state index in [2.05, 4.69) is 68.7 Å². The summed E-state index contributed by atoms with van der Waals surface area (Å²) in [6.07, 6.45) is 0. The Bertz CT molecular complexity index is 937. The number of amides is 1. The number of hydrogen-bond acceptors (Lipinski definition) is 1. The van der Waals surface area contributed by atoms with Gasteiger partial charge in [-0.3, -0.25) is 4.79 Å². The zero-order valence-electron chi connectivity index (χ0n) is 16.9. The Hall–Kier alpha value is -2.81. The number of rotatable bonds is 5. The van der Waals surface area contributed by atoms with Crippen LogP contribution in [0.25, 0.3) is 0 Å². The van der Waals surface area contributed by atoms with Crippen molar-refractivity contribution in [3.63, 3.8) is 0 Å². The minimum atomic E-state index is 0.0691. The number of carbonyl (C=O) groups is 1. The molecule has 0 unspecified atom stereocenters. The van der Waals surface area contributed by atoms with Crippen molar-refractivity contribution >= 4 is 5.91 Å². The van der Waals surface area contributed by atoms with E-state index < -0.39 is 0 Å². The SMILES string of the molecule is Cc1ccc(Cn2c(C)c(C)c(C)c2C(=O)N(C)Cc2ccccc2)cc1. The zero-order valence-corrected chi connectivity index (χ0v) is 16.9. The number of nitrogens with zero attached hydrogens (tertiary/aromatic N) is 2. The molecule has 27 heavy (non-hydrogen) atoms. The minimum Gasteiger partial charge on any atom is -0.336 e. The van der Waals surface area contributed by atoms with Crippen molar-refractivity contribution in [2.45, 2.75) is 40.8 Å². The van der Waals surface area contributed by atoms with Crippen LogP contribution in [-0.4, -0.2) is 22.4 Å². The van der Waals surface area contributed by atoms with Gasteiger partial charge in [-0.1, -0.05) is 60.2 Å². The van der Waals surface area contributed by atoms with Gasteiger partial charge in [-0.2, -0.15) is 0 Å². The summed E-state index contributed by atoms with van der Waals surface area (Å²) >= 11 is 0. The fourth-order valence-electron chi connectivity index (χ4n) is 3.48. The first-order valence-corrected chi connectivity index (χ1v) is 9.39. The summed E-state index contributed by atoms with van der Waals surface area (Å²) in [4.78, 5) is 15.1. The lowest BCUT2D eigenvalue weighted by Crippen LogP contribution is -2.29. The molecule has 0 radical (unpaired) electrons. The predicted molar refractivity (Wildman–Crippen MR) is 111 cm³/mol. The first-order chi connectivity index (χ1) is 12.9. The van der Waals surface area contributed by atoms with E-state index in [9.17, 15) is 4.79 Å². The van der Waals surface area contributed by atoms with Gasteiger partial charge in [-0.25, -0.2) is 0 Å². The lowest BCUT2D eigenvalue weighted by Gasteiger charge is -2.20. The van der Waals surface area contributed by atoms with Crippen LogP contribution in [0.5, 0.6) is 0 Å². The number of benzene rings is 2. The Labute approximate surface area is 162 Å². The van der Waals surface area contributed by atoms with Crippen LogP contribution in [0.15, 0.2) is 54.6 Å². The van der Waals surface area contributed by atoms with Gasteiger partial charge in [0.15, 0.2) is 0 Å². The molecule has 3 heteroatoms. The lowest BCUT2D eigenvalue weighted by atomic mass is 10.1. The first-order valence-electron chi connectivity index (χ1n) is 9.39. The number of carbonyl (C=O) groups excluding carboxylic acids is 1. The van der Waals surface area contributed by atoms with Crippen molar-refractivity contribution in [3.8, 4) is 0 Å². The maximum Gasteiger partial charge on any atom is 0.270 e. The van der Waals surface area contributed by atoms with E-state index in [1.165, 1.54) is 16.7 Å². The molecule has 0 atom stereocenters. The third-order valence-corrected chi connectivity index (χ3v) is 5.41. The van der Waals surface area contributed by atoms with Gasteiger partial charge < -0.3 is 9.47 Å². The highest BCUT2D eigenvalue weighted by Crippen LogP contribution is 2.24. The molecule has 3 rings (SSSR count). The smallest absolute Gasteiger partial charge is 0.270 e. The highest BCUT2D eigenvalue weighted by molar-refractivity contribution is 5.94. The van der Waals surface area contributed by atoms with Crippen molar-refractivity contribution < 1.29 is 4.79 Å². The second-order valence-corrected chi connectivity index (χ2v) is 7.40. The summed E-state index contributed by atoms with van der Waals surface area (Å²) in [6.45, 7) is 9.66. The van der Waals surface area contributed by atoms with Crippen LogP contribution < -0.4 is 0 Å². The van der Waals surface area contributed by atoms with Gasteiger partial charge in [0, 0.05) is 25.8 Å². The molecule has 0 saturated heterocycles. The molecule has 140 valence electrons. The quantitative estimate of drug-likeness (QED) is 0.625. The molecule has 0 bridgehead atoms. The van der Waals surface area contributed by atoms with E-state index in [0.29, 0.717) is 13.1 Å². The maximum absolute atomic E-state index is 13.3. The van der Waals surface area contributed by atoms with E-state index >= 15 is 0 Å². The fraction of sp³-hybridized carbons (Fsp3) is 0.292. The minimum absolute atomic E-state index is 0.0691. The summed E-state index contributed by atoms with van der Waals surface area (Å²) in [5.74, 6) is 0.0691. The van der Waals surface area contributed by atoms with Crippen LogP contribution in [-0.2, 0) is 13.1 Å². The summed E-state index contributed by atoms with van der Waals surface area (Å²) in [6, 6.07) is 18.6. The molecular formula is C24H28N2O. The second-order valence-electron chi connectivity index (χ2n) is 7.40. The Morgan fingerprint density at radius 3 is 2.11 bits per heavy atom. The van der Waals surface area contributed by atoms with Crippen LogP contribution in [0.3, 0.4) is 0 Å². The molecule has 0 fully saturated rings. The zero-order chi connectivity index (χ0) is 19.6. The van der Waals surface area contributed by atoms with Crippen molar-refractivity contribution in [3.05, 3.63) is 93.8 Å². The van der Waals surface area contributed by atoms with E-state index in [1.807, 2.05) is 30.1 Å². The Kier molecular flexibility index (Phi) is 5.50. The van der Waals surface area contributed by atoms with Crippen LogP contribution in [0.2, 0.25) is 0 Å². The molecule has 3 aromatic rings. The summed E-state index contributed by atoms with van der Waals surface area (Å²) in [7, 11) is 1.88. The lowest BCUT2D eigenvalue weighted by molar-refractivity contribution is 0.0773. The maximum atomic E-state index is 13.3. The molecule has 0 spiro atoms. The van der Waals surface area contributed by atoms with Crippen LogP contribution in [0.1, 0.15) is 44.0 Å². The molecule has 0 N–H and O–H groups in total. The highest BCUT2D eigenvalue weighted by Gasteiger charge is 2.23. The predicted octanol–water partition coefficient (Wildman–Crippen LogP) is 5.04. The van der Waals surface area contributed by atoms with E-state index in [4.69, 9.17) is 0 Å². The second kappa shape index (κ2) is 7.83. The molecule has 3 nitrogen and oxygen atoms in total. The van der Waals surface area contributed by atoms with Crippen molar-refractivity contribution in [1.29, 1.82) is 0 Å². The van der Waals surface area contributed by atoms with Gasteiger partial charge in [0.05, 0.1) is 0 Å². The average molecular weight is 361 g/mol. The van der Waals surface area contributed by atoms with Gasteiger partial charge in [0.1, 0.15) is 5.69 Å². The first kappa shape index (κ1) is 19.0. The molecule has 1 aromatic heterocycles. The highest BCUT2D eigenvalue weighted by atomic mass is 16.2. The van der Waals surface area contributed by atoms with Gasteiger partial charge in [-0.05, 0) is 49.9 Å². The monoisotopic (exact) mass is 360 g/mol. The van der Waals surface area contributed by atoms with Crippen LogP contribution in [0, 0.1) is 27.7 Å².